The van der Waals surface area contributed by atoms with Crippen molar-refractivity contribution < 1.29 is 19.5 Å². The van der Waals surface area contributed by atoms with Crippen LogP contribution in [-0.4, -0.2) is 24.4 Å². The lowest BCUT2D eigenvalue weighted by Gasteiger charge is -2.24. The van der Waals surface area contributed by atoms with Crippen molar-refractivity contribution >= 4 is 11.7 Å². The molecule has 0 saturated heterocycles. The van der Waals surface area contributed by atoms with E-state index in [0.717, 1.165) is 0 Å². The smallest absolute Gasteiger partial charge is 0.329 e. The predicted molar refractivity (Wildman–Crippen MR) is 56.4 cm³/mol. The first-order valence-corrected chi connectivity index (χ1v) is 4.92. The van der Waals surface area contributed by atoms with Crippen LogP contribution in [0.1, 0.15) is 18.6 Å². The Hall–Kier alpha value is -1.59. The van der Waals surface area contributed by atoms with Gasteiger partial charge in [-0.2, -0.15) is 5.06 Å². The SMILES string of the molecule is CO[C@@H]1[C@@H](O)c2ccccc2N1OC(C)=O. The number of aliphatic hydroxyl groups is 1. The van der Waals surface area contributed by atoms with Crippen molar-refractivity contribution in [1.82, 2.24) is 0 Å². The molecule has 0 aromatic heterocycles. The number of carbonyl (C=O) groups excluding carboxylic acids is 1. The van der Waals surface area contributed by atoms with Crippen LogP contribution in [0.3, 0.4) is 0 Å². The number of hydroxylamine groups is 1. The number of methoxy groups -OCH3 is 1. The maximum Gasteiger partial charge on any atom is 0.329 e. The van der Waals surface area contributed by atoms with Gasteiger partial charge in [0.15, 0.2) is 6.23 Å². The van der Waals surface area contributed by atoms with Gasteiger partial charge in [-0.1, -0.05) is 18.2 Å². The highest BCUT2D eigenvalue weighted by molar-refractivity contribution is 5.69. The van der Waals surface area contributed by atoms with E-state index in [9.17, 15) is 9.90 Å². The first kappa shape index (κ1) is 10.9. The summed E-state index contributed by atoms with van der Waals surface area (Å²) >= 11 is 0. The summed E-state index contributed by atoms with van der Waals surface area (Å²) < 4.78 is 5.12. The minimum absolute atomic E-state index is 0.453. The van der Waals surface area contributed by atoms with Crippen LogP contribution in [0.2, 0.25) is 0 Å². The van der Waals surface area contributed by atoms with Gasteiger partial charge in [0.25, 0.3) is 0 Å². The largest absolute Gasteiger partial charge is 0.383 e. The molecule has 0 radical (unpaired) electrons. The van der Waals surface area contributed by atoms with Gasteiger partial charge in [-0.15, -0.1) is 0 Å². The number of fused-ring (bicyclic) bond motifs is 1. The van der Waals surface area contributed by atoms with Gasteiger partial charge in [0.05, 0.1) is 5.69 Å². The number of benzene rings is 1. The van der Waals surface area contributed by atoms with E-state index in [2.05, 4.69) is 0 Å². The number of carbonyl (C=O) groups is 1. The lowest BCUT2D eigenvalue weighted by atomic mass is 10.1. The lowest BCUT2D eigenvalue weighted by molar-refractivity contribution is -0.150. The Balaban J connectivity index is 2.38. The second kappa shape index (κ2) is 4.11. The van der Waals surface area contributed by atoms with E-state index in [-0.39, 0.29) is 0 Å². The van der Waals surface area contributed by atoms with Crippen LogP contribution >= 0.6 is 0 Å². The molecular weight excluding hydrogens is 210 g/mol. The van der Waals surface area contributed by atoms with Gasteiger partial charge in [-0.3, -0.25) is 4.79 Å². The molecule has 0 amide bonds. The summed E-state index contributed by atoms with van der Waals surface area (Å²) in [5.41, 5.74) is 1.34. The van der Waals surface area contributed by atoms with Gasteiger partial charge < -0.3 is 14.7 Å². The van der Waals surface area contributed by atoms with E-state index in [1.54, 1.807) is 18.2 Å². The van der Waals surface area contributed by atoms with E-state index in [1.807, 2.05) is 6.07 Å². The van der Waals surface area contributed by atoms with Crippen molar-refractivity contribution in [1.29, 1.82) is 0 Å². The number of rotatable bonds is 2. The monoisotopic (exact) mass is 223 g/mol. The van der Waals surface area contributed by atoms with Crippen LogP contribution in [0.15, 0.2) is 24.3 Å². The highest BCUT2D eigenvalue weighted by atomic mass is 16.7. The van der Waals surface area contributed by atoms with Gasteiger partial charge in [0.2, 0.25) is 0 Å². The average molecular weight is 223 g/mol. The van der Waals surface area contributed by atoms with E-state index in [1.165, 1.54) is 19.1 Å². The Kier molecular flexibility index (Phi) is 2.80. The number of hydrogen-bond donors (Lipinski definition) is 1. The topological polar surface area (TPSA) is 59.0 Å². The summed E-state index contributed by atoms with van der Waals surface area (Å²) in [4.78, 5) is 16.0. The van der Waals surface area contributed by atoms with Crippen LogP contribution in [0.5, 0.6) is 0 Å². The summed E-state index contributed by atoms with van der Waals surface area (Å²) in [6.07, 6.45) is -1.51. The third kappa shape index (κ3) is 1.64. The molecule has 5 nitrogen and oxygen atoms in total. The summed E-state index contributed by atoms with van der Waals surface area (Å²) in [6.45, 7) is 1.31. The Bertz CT molecular complexity index is 407. The molecule has 0 spiro atoms. The lowest BCUT2D eigenvalue weighted by Crippen LogP contribution is -2.37. The van der Waals surface area contributed by atoms with Gasteiger partial charge >= 0.3 is 5.97 Å². The zero-order valence-corrected chi connectivity index (χ0v) is 9.08. The van der Waals surface area contributed by atoms with Crippen LogP contribution in [0.25, 0.3) is 0 Å². The zero-order valence-electron chi connectivity index (χ0n) is 9.08. The van der Waals surface area contributed by atoms with Gasteiger partial charge in [-0.25, -0.2) is 0 Å². The van der Waals surface area contributed by atoms with E-state index in [0.29, 0.717) is 11.3 Å². The molecule has 1 aliphatic rings. The second-order valence-corrected chi connectivity index (χ2v) is 3.54. The Morgan fingerprint density at radius 3 is 2.75 bits per heavy atom. The summed E-state index contributed by atoms with van der Waals surface area (Å²) in [5.74, 6) is -0.453. The van der Waals surface area contributed by atoms with Crippen molar-refractivity contribution in [2.24, 2.45) is 0 Å². The van der Waals surface area contributed by atoms with E-state index >= 15 is 0 Å². The third-order valence-corrected chi connectivity index (χ3v) is 2.46. The molecule has 1 N–H and O–H groups in total. The Labute approximate surface area is 93.1 Å². The van der Waals surface area contributed by atoms with Gasteiger partial charge in [0.1, 0.15) is 6.10 Å². The number of nitrogens with zero attached hydrogens (tertiary/aromatic N) is 1. The number of para-hydroxylation sites is 1. The van der Waals surface area contributed by atoms with E-state index < -0.39 is 18.3 Å². The Morgan fingerprint density at radius 1 is 1.44 bits per heavy atom. The van der Waals surface area contributed by atoms with Crippen molar-refractivity contribution in [3.63, 3.8) is 0 Å². The second-order valence-electron chi connectivity index (χ2n) is 3.54. The average Bonchev–Trinajstić information content (AvgIpc) is 2.52. The molecule has 2 atom stereocenters. The summed E-state index contributed by atoms with van der Waals surface area (Å²) in [7, 11) is 1.45. The van der Waals surface area contributed by atoms with Crippen molar-refractivity contribution in [2.75, 3.05) is 12.2 Å². The standard InChI is InChI=1S/C11H13NO4/c1-7(13)16-12-9-6-4-3-5-8(9)10(14)11(12)15-2/h3-6,10-11,14H,1-2H3/t10-,11+/m0/s1. The fourth-order valence-electron chi connectivity index (χ4n) is 1.82. The predicted octanol–water partition coefficient (Wildman–Crippen LogP) is 0.991. The van der Waals surface area contributed by atoms with Crippen LogP contribution in [-0.2, 0) is 14.4 Å². The number of anilines is 1. The van der Waals surface area contributed by atoms with Crippen molar-refractivity contribution in [3.8, 4) is 0 Å². The normalized spacial score (nSPS) is 23.1. The van der Waals surface area contributed by atoms with Gasteiger partial charge in [-0.05, 0) is 6.07 Å². The third-order valence-electron chi connectivity index (χ3n) is 2.46. The molecule has 1 aliphatic heterocycles. The minimum atomic E-state index is -0.819. The maximum absolute atomic E-state index is 11.0. The van der Waals surface area contributed by atoms with Crippen molar-refractivity contribution in [3.05, 3.63) is 29.8 Å². The summed E-state index contributed by atoms with van der Waals surface area (Å²) in [5, 5.41) is 11.3. The zero-order chi connectivity index (χ0) is 11.7. The maximum atomic E-state index is 11.0. The molecule has 2 rings (SSSR count). The molecule has 86 valence electrons. The Morgan fingerprint density at radius 2 is 2.12 bits per heavy atom. The molecule has 0 fully saturated rings. The molecule has 16 heavy (non-hydrogen) atoms. The summed E-state index contributed by atoms with van der Waals surface area (Å²) in [6, 6.07) is 7.15. The molecule has 0 unspecified atom stereocenters. The molecule has 0 bridgehead atoms. The molecular formula is C11H13NO4. The molecule has 5 heteroatoms. The molecule has 1 heterocycles. The number of aliphatic hydroxyl groups excluding tert-OH is 1. The van der Waals surface area contributed by atoms with Crippen LogP contribution in [0.4, 0.5) is 5.69 Å². The molecule has 0 aliphatic carbocycles. The van der Waals surface area contributed by atoms with E-state index in [4.69, 9.17) is 9.57 Å². The number of hydrogen-bond acceptors (Lipinski definition) is 5. The first-order chi connectivity index (χ1) is 7.65. The first-order valence-electron chi connectivity index (χ1n) is 4.92. The molecule has 0 saturated carbocycles. The highest BCUT2D eigenvalue weighted by Gasteiger charge is 2.39. The fraction of sp³-hybridized carbons (Fsp3) is 0.364. The van der Waals surface area contributed by atoms with Crippen LogP contribution in [0, 0.1) is 0 Å². The highest BCUT2D eigenvalue weighted by Crippen LogP contribution is 2.39. The van der Waals surface area contributed by atoms with Crippen molar-refractivity contribution in [2.45, 2.75) is 19.3 Å². The molecule has 1 aromatic carbocycles. The quantitative estimate of drug-likeness (QED) is 0.810. The van der Waals surface area contributed by atoms with Crippen LogP contribution < -0.4 is 5.06 Å². The number of ether oxygens (including phenoxy) is 1. The van der Waals surface area contributed by atoms with Gasteiger partial charge in [0, 0.05) is 19.6 Å². The molecule has 1 aromatic rings. The minimum Gasteiger partial charge on any atom is -0.383 e. The fourth-order valence-corrected chi connectivity index (χ4v) is 1.82.